The normalized spacial score (nSPS) is 17.9. The van der Waals surface area contributed by atoms with Crippen LogP contribution in [-0.4, -0.2) is 0 Å². The summed E-state index contributed by atoms with van der Waals surface area (Å²) in [5.41, 5.74) is 28.7. The number of anilines is 3. The Morgan fingerprint density at radius 3 is 1.28 bits per heavy atom. The van der Waals surface area contributed by atoms with Crippen LogP contribution < -0.4 is 4.90 Å². The molecule has 0 amide bonds. The second kappa shape index (κ2) is 14.8. The summed E-state index contributed by atoms with van der Waals surface area (Å²) in [7, 11) is 0. The van der Waals surface area contributed by atoms with Crippen LogP contribution in [0.25, 0.3) is 44.5 Å². The molecule has 0 aliphatic heterocycles. The van der Waals surface area contributed by atoms with Crippen LogP contribution in [0.5, 0.6) is 0 Å². The van der Waals surface area contributed by atoms with Crippen LogP contribution in [-0.2, 0) is 21.7 Å². The lowest BCUT2D eigenvalue weighted by Crippen LogP contribution is -2.41. The number of benzene rings is 10. The molecule has 2 unspecified atom stereocenters. The van der Waals surface area contributed by atoms with Gasteiger partial charge in [-0.25, -0.2) is 0 Å². The largest absolute Gasteiger partial charge is 0.310 e. The Bertz CT molecular complexity index is 3830. The Morgan fingerprint density at radius 1 is 0.324 bits per heavy atom. The van der Waals surface area contributed by atoms with Crippen molar-refractivity contribution in [2.45, 2.75) is 63.2 Å². The van der Waals surface area contributed by atoms with Gasteiger partial charge in [0.2, 0.25) is 0 Å². The highest BCUT2D eigenvalue weighted by molar-refractivity contribution is 5.97. The minimum Gasteiger partial charge on any atom is -0.310 e. The molecule has 10 aromatic rings. The zero-order valence-electron chi connectivity index (χ0n) is 41.3. The molecule has 2 atom stereocenters. The van der Waals surface area contributed by atoms with E-state index in [1.807, 2.05) is 0 Å². The van der Waals surface area contributed by atoms with Crippen molar-refractivity contribution in [3.05, 3.63) is 291 Å². The first-order valence-electron chi connectivity index (χ1n) is 25.4. The summed E-state index contributed by atoms with van der Waals surface area (Å²) >= 11 is 0. The lowest BCUT2D eigenvalue weighted by Gasteiger charge is -2.47. The maximum atomic E-state index is 2.55. The molecule has 0 aromatic heterocycles. The summed E-state index contributed by atoms with van der Waals surface area (Å²) in [6.45, 7) is 14.2. The molecule has 14 rings (SSSR count). The molecule has 340 valence electrons. The maximum absolute atomic E-state index is 2.55. The molecule has 10 aromatic carbocycles. The third-order valence-corrected chi connectivity index (χ3v) is 17.0. The van der Waals surface area contributed by atoms with Gasteiger partial charge in [-0.1, -0.05) is 223 Å². The summed E-state index contributed by atoms with van der Waals surface area (Å²) in [6, 6.07) is 85.9. The third-order valence-electron chi connectivity index (χ3n) is 17.0. The molecular weight excluding hydrogens is 855 g/mol. The van der Waals surface area contributed by atoms with Gasteiger partial charge in [-0.15, -0.1) is 0 Å². The molecule has 0 heterocycles. The Labute approximate surface area is 418 Å². The van der Waals surface area contributed by atoms with E-state index in [9.17, 15) is 0 Å². The topological polar surface area (TPSA) is 3.24 Å². The van der Waals surface area contributed by atoms with Gasteiger partial charge in [0.05, 0.1) is 10.8 Å². The number of hydrogen-bond donors (Lipinski definition) is 0. The van der Waals surface area contributed by atoms with Crippen LogP contribution >= 0.6 is 0 Å². The average molecular weight is 910 g/mol. The first-order valence-corrected chi connectivity index (χ1v) is 25.4. The highest BCUT2D eigenvalue weighted by Gasteiger charge is 2.55. The summed E-state index contributed by atoms with van der Waals surface area (Å²) in [6.07, 6.45) is 0. The molecule has 4 aliphatic rings. The second-order valence-corrected chi connectivity index (χ2v) is 22.0. The number of nitrogens with zero attached hydrogens (tertiary/aromatic N) is 1. The van der Waals surface area contributed by atoms with E-state index >= 15 is 0 Å². The van der Waals surface area contributed by atoms with Gasteiger partial charge in [0.1, 0.15) is 0 Å². The summed E-state index contributed by atoms with van der Waals surface area (Å²) in [5, 5.41) is 0. The molecule has 0 saturated heterocycles. The fourth-order valence-electron chi connectivity index (χ4n) is 14.0. The molecule has 0 radical (unpaired) electrons. The lowest BCUT2D eigenvalue weighted by atomic mass is 9.55. The van der Waals surface area contributed by atoms with Gasteiger partial charge in [0.15, 0.2) is 0 Å². The van der Waals surface area contributed by atoms with E-state index in [1.54, 1.807) is 0 Å². The number of rotatable bonds is 4. The Balaban J connectivity index is 1.05. The van der Waals surface area contributed by atoms with Crippen LogP contribution in [0.2, 0.25) is 0 Å². The first kappa shape index (κ1) is 41.9. The molecular formula is C70H55N. The molecule has 4 aliphatic carbocycles. The zero-order valence-corrected chi connectivity index (χ0v) is 41.3. The molecule has 0 bridgehead atoms. The number of hydrogen-bond acceptors (Lipinski definition) is 1. The minimum atomic E-state index is -0.524. The van der Waals surface area contributed by atoms with E-state index in [4.69, 9.17) is 0 Å². The fourth-order valence-corrected chi connectivity index (χ4v) is 14.0. The Morgan fingerprint density at radius 2 is 0.732 bits per heavy atom. The van der Waals surface area contributed by atoms with Crippen LogP contribution in [0.3, 0.4) is 0 Å². The highest BCUT2D eigenvalue weighted by Crippen LogP contribution is 2.65. The van der Waals surface area contributed by atoms with E-state index in [2.05, 4.69) is 271 Å². The van der Waals surface area contributed by atoms with Gasteiger partial charge in [-0.3, -0.25) is 0 Å². The van der Waals surface area contributed by atoms with Crippen LogP contribution in [0.15, 0.2) is 224 Å². The van der Waals surface area contributed by atoms with Crippen molar-refractivity contribution in [1.29, 1.82) is 0 Å². The smallest absolute Gasteiger partial charge is 0.0726 e. The van der Waals surface area contributed by atoms with Gasteiger partial charge in [-0.2, -0.15) is 0 Å². The van der Waals surface area contributed by atoms with E-state index in [-0.39, 0.29) is 10.8 Å². The van der Waals surface area contributed by atoms with Crippen molar-refractivity contribution in [2.75, 3.05) is 4.90 Å². The van der Waals surface area contributed by atoms with E-state index in [0.29, 0.717) is 0 Å². The Hall–Kier alpha value is -8.00. The first-order chi connectivity index (χ1) is 34.5. The predicted octanol–water partition coefficient (Wildman–Crippen LogP) is 17.8. The summed E-state index contributed by atoms with van der Waals surface area (Å²) in [4.78, 5) is 2.53. The SMILES string of the molecule is Cc1cccc2c1C(C)(C)c1ccccc1C21c2ccccc2-c2ccc(N(c3ccc(-c4ccccc4)cc3)c3ccc4c(c3)C3(c5ccccc5-4)c4ccccc4-c4ccc(C(C)(C)C)cc43)cc21. The van der Waals surface area contributed by atoms with E-state index < -0.39 is 10.8 Å². The van der Waals surface area contributed by atoms with Crippen molar-refractivity contribution in [2.24, 2.45) is 0 Å². The van der Waals surface area contributed by atoms with Crippen LogP contribution in [0.1, 0.15) is 101 Å². The molecule has 1 heteroatoms. The van der Waals surface area contributed by atoms with E-state index in [1.165, 1.54) is 111 Å². The van der Waals surface area contributed by atoms with Crippen molar-refractivity contribution in [3.8, 4) is 44.5 Å². The van der Waals surface area contributed by atoms with Crippen molar-refractivity contribution < 1.29 is 0 Å². The quantitative estimate of drug-likeness (QED) is 0.170. The summed E-state index contributed by atoms with van der Waals surface area (Å²) in [5.74, 6) is 0. The van der Waals surface area contributed by atoms with Gasteiger partial charge in [0.25, 0.3) is 0 Å². The van der Waals surface area contributed by atoms with Crippen molar-refractivity contribution >= 4 is 17.1 Å². The molecule has 0 N–H and O–H groups in total. The molecule has 0 fully saturated rings. The predicted molar refractivity (Wildman–Crippen MR) is 296 cm³/mol. The fraction of sp³-hybridized carbons (Fsp3) is 0.143. The summed E-state index contributed by atoms with van der Waals surface area (Å²) < 4.78 is 0. The highest BCUT2D eigenvalue weighted by atomic mass is 15.1. The molecule has 1 nitrogen and oxygen atoms in total. The van der Waals surface area contributed by atoms with Crippen LogP contribution in [0, 0.1) is 6.92 Å². The van der Waals surface area contributed by atoms with Gasteiger partial charge < -0.3 is 4.90 Å². The number of aryl methyl sites for hydroxylation is 1. The second-order valence-electron chi connectivity index (χ2n) is 22.0. The molecule has 2 spiro atoms. The van der Waals surface area contributed by atoms with Gasteiger partial charge >= 0.3 is 0 Å². The van der Waals surface area contributed by atoms with Crippen LogP contribution in [0.4, 0.5) is 17.1 Å². The molecule has 0 saturated carbocycles. The number of fused-ring (bicyclic) bond motifs is 19. The third kappa shape index (κ3) is 5.52. The van der Waals surface area contributed by atoms with Crippen molar-refractivity contribution in [3.63, 3.8) is 0 Å². The average Bonchev–Trinajstić information content (AvgIpc) is 3.99. The zero-order chi connectivity index (χ0) is 48.0. The standard InChI is InChI=1S/C70H55N/c1-44-19-18-30-62-66(44)68(5,6)60-28-16-17-29-61(60)70(62)59-27-15-12-24-53(59)56-40-37-50(43-65(56)70)71(48-34-31-46(32-35-48)45-20-8-7-9-21-45)49-36-39-55-52-23-11-14-26-58(52)69(64(55)42-49)57-25-13-10-22-51(57)54-38-33-47(41-63(54)69)67(2,3)4/h7-43H,1-6H3. The van der Waals surface area contributed by atoms with Gasteiger partial charge in [0, 0.05) is 22.5 Å². The minimum absolute atomic E-state index is 0.0189. The monoisotopic (exact) mass is 909 g/mol. The van der Waals surface area contributed by atoms with E-state index in [0.717, 1.165) is 17.1 Å². The maximum Gasteiger partial charge on any atom is 0.0726 e. The van der Waals surface area contributed by atoms with Crippen molar-refractivity contribution in [1.82, 2.24) is 0 Å². The van der Waals surface area contributed by atoms with Gasteiger partial charge in [-0.05, 0) is 160 Å². The lowest BCUT2D eigenvalue weighted by molar-refractivity contribution is 0.559. The molecule has 71 heavy (non-hydrogen) atoms. The Kier molecular flexibility index (Phi) is 8.72.